The summed E-state index contributed by atoms with van der Waals surface area (Å²) in [4.78, 5) is 38.4. The van der Waals surface area contributed by atoms with Crippen molar-refractivity contribution in [2.24, 2.45) is 0 Å². The molecule has 0 saturated carbocycles. The van der Waals surface area contributed by atoms with Gasteiger partial charge in [0.15, 0.2) is 6.10 Å². The van der Waals surface area contributed by atoms with E-state index in [1.807, 2.05) is 0 Å². The number of esters is 3. The fourth-order valence-corrected chi connectivity index (χ4v) is 9.48. The standard InChI is InChI=1S/C73H126O6/c1-4-7-10-13-16-19-22-25-28-30-32-33-34-35-36-37-38-39-40-41-42-44-45-48-51-54-57-60-63-66-72(75)78-69-70(68-77-71(74)65-62-59-56-53-50-47-27-24-21-18-15-12-9-6-3)79-73(76)67-64-61-58-55-52-49-46-43-31-29-26-23-20-17-14-11-8-5-2/h7,10,15-16,18-19,24-25,27-29,31-33,35-36,70H,4-6,8-9,11-14,17,20-23,26,30,34,37-69H2,1-3H3/b10-7-,18-15-,19-16-,27-24-,28-25-,31-29-,33-32-,36-35-. The molecule has 0 aromatic rings. The Morgan fingerprint density at radius 2 is 0.506 bits per heavy atom. The monoisotopic (exact) mass is 1100 g/mol. The minimum absolute atomic E-state index is 0.0825. The van der Waals surface area contributed by atoms with E-state index in [1.165, 1.54) is 180 Å². The highest BCUT2D eigenvalue weighted by Gasteiger charge is 2.19. The van der Waals surface area contributed by atoms with Crippen LogP contribution in [0.15, 0.2) is 97.2 Å². The van der Waals surface area contributed by atoms with Gasteiger partial charge in [0.05, 0.1) is 0 Å². The maximum Gasteiger partial charge on any atom is 0.306 e. The number of hydrogen-bond donors (Lipinski definition) is 0. The molecular formula is C73H126O6. The van der Waals surface area contributed by atoms with Crippen LogP contribution in [0.25, 0.3) is 0 Å². The van der Waals surface area contributed by atoms with E-state index in [0.717, 1.165) is 109 Å². The molecule has 0 radical (unpaired) electrons. The molecule has 0 saturated heterocycles. The van der Waals surface area contributed by atoms with Crippen LogP contribution in [0.5, 0.6) is 0 Å². The second kappa shape index (κ2) is 66.8. The summed E-state index contributed by atoms with van der Waals surface area (Å²) in [7, 11) is 0. The Hall–Kier alpha value is -3.67. The summed E-state index contributed by atoms with van der Waals surface area (Å²) in [6, 6.07) is 0. The predicted molar refractivity (Wildman–Crippen MR) is 344 cm³/mol. The second-order valence-electron chi connectivity index (χ2n) is 22.3. The van der Waals surface area contributed by atoms with Crippen molar-refractivity contribution in [3.05, 3.63) is 97.2 Å². The molecule has 1 atom stereocenters. The average Bonchev–Trinajstić information content (AvgIpc) is 3.45. The van der Waals surface area contributed by atoms with Gasteiger partial charge in [-0.3, -0.25) is 14.4 Å². The van der Waals surface area contributed by atoms with Gasteiger partial charge in [0.2, 0.25) is 0 Å². The Morgan fingerprint density at radius 3 is 0.823 bits per heavy atom. The predicted octanol–water partition coefficient (Wildman–Crippen LogP) is 23.2. The summed E-state index contributed by atoms with van der Waals surface area (Å²) >= 11 is 0. The Bertz CT molecular complexity index is 1540. The van der Waals surface area contributed by atoms with Gasteiger partial charge in [0, 0.05) is 19.3 Å². The fraction of sp³-hybridized carbons (Fsp3) is 0.740. The molecule has 0 heterocycles. The number of carbonyl (C=O) groups excluding carboxylic acids is 3. The van der Waals surface area contributed by atoms with Gasteiger partial charge >= 0.3 is 17.9 Å². The fourth-order valence-electron chi connectivity index (χ4n) is 9.48. The first-order valence-electron chi connectivity index (χ1n) is 33.7. The summed E-state index contributed by atoms with van der Waals surface area (Å²) in [5.41, 5.74) is 0. The van der Waals surface area contributed by atoms with Gasteiger partial charge in [-0.25, -0.2) is 0 Å². The molecule has 79 heavy (non-hydrogen) atoms. The largest absolute Gasteiger partial charge is 0.462 e. The number of hydrogen-bond acceptors (Lipinski definition) is 6. The third-order valence-electron chi connectivity index (χ3n) is 14.5. The minimum atomic E-state index is -0.787. The molecule has 0 spiro atoms. The summed E-state index contributed by atoms with van der Waals surface area (Å²) in [5.74, 6) is -0.889. The molecule has 0 aliphatic rings. The first-order valence-corrected chi connectivity index (χ1v) is 33.7. The molecule has 0 aromatic heterocycles. The highest BCUT2D eigenvalue weighted by atomic mass is 16.6. The number of carbonyl (C=O) groups is 3. The average molecular weight is 1100 g/mol. The smallest absolute Gasteiger partial charge is 0.306 e. The zero-order valence-electron chi connectivity index (χ0n) is 52.1. The Kier molecular flexibility index (Phi) is 63.7. The minimum Gasteiger partial charge on any atom is -0.462 e. The highest BCUT2D eigenvalue weighted by molar-refractivity contribution is 5.71. The van der Waals surface area contributed by atoms with E-state index in [1.54, 1.807) is 0 Å². The quantitative estimate of drug-likeness (QED) is 0.0261. The molecule has 1 unspecified atom stereocenters. The normalized spacial score (nSPS) is 12.7. The number of rotatable bonds is 61. The molecule has 6 nitrogen and oxygen atoms in total. The van der Waals surface area contributed by atoms with Crippen LogP contribution in [0.2, 0.25) is 0 Å². The van der Waals surface area contributed by atoms with Gasteiger partial charge in [0.1, 0.15) is 13.2 Å². The molecule has 0 rings (SSSR count). The van der Waals surface area contributed by atoms with E-state index in [2.05, 4.69) is 118 Å². The molecule has 0 aliphatic heterocycles. The van der Waals surface area contributed by atoms with Gasteiger partial charge < -0.3 is 14.2 Å². The zero-order valence-corrected chi connectivity index (χ0v) is 52.1. The van der Waals surface area contributed by atoms with Crippen molar-refractivity contribution in [3.8, 4) is 0 Å². The van der Waals surface area contributed by atoms with Gasteiger partial charge in [-0.05, 0) is 116 Å². The van der Waals surface area contributed by atoms with Crippen molar-refractivity contribution < 1.29 is 28.6 Å². The van der Waals surface area contributed by atoms with Crippen LogP contribution in [-0.4, -0.2) is 37.2 Å². The van der Waals surface area contributed by atoms with Crippen LogP contribution in [-0.2, 0) is 28.6 Å². The number of ether oxygens (including phenoxy) is 3. The first kappa shape index (κ1) is 75.3. The van der Waals surface area contributed by atoms with Crippen molar-refractivity contribution in [3.63, 3.8) is 0 Å². The van der Waals surface area contributed by atoms with Gasteiger partial charge in [-0.15, -0.1) is 0 Å². The Morgan fingerprint density at radius 1 is 0.266 bits per heavy atom. The van der Waals surface area contributed by atoms with E-state index < -0.39 is 6.10 Å². The van der Waals surface area contributed by atoms with Crippen LogP contribution in [0, 0.1) is 0 Å². The van der Waals surface area contributed by atoms with E-state index >= 15 is 0 Å². The molecular weight excluding hydrogens is 973 g/mol. The van der Waals surface area contributed by atoms with Crippen LogP contribution >= 0.6 is 0 Å². The van der Waals surface area contributed by atoms with Crippen molar-refractivity contribution in [2.45, 2.75) is 335 Å². The molecule has 0 aromatic carbocycles. The van der Waals surface area contributed by atoms with Crippen molar-refractivity contribution in [1.29, 1.82) is 0 Å². The van der Waals surface area contributed by atoms with Gasteiger partial charge in [-0.2, -0.15) is 0 Å². The van der Waals surface area contributed by atoms with Crippen molar-refractivity contribution in [2.75, 3.05) is 13.2 Å². The lowest BCUT2D eigenvalue weighted by molar-refractivity contribution is -0.167. The zero-order chi connectivity index (χ0) is 57.1. The third-order valence-corrected chi connectivity index (χ3v) is 14.5. The molecule has 0 bridgehead atoms. The Labute approximate surface area is 489 Å². The summed E-state index contributed by atoms with van der Waals surface area (Å²) in [6.45, 7) is 6.50. The number of unbranched alkanes of at least 4 members (excludes halogenated alkanes) is 34. The second-order valence-corrected chi connectivity index (χ2v) is 22.3. The first-order chi connectivity index (χ1) is 39.0. The highest BCUT2D eigenvalue weighted by Crippen LogP contribution is 2.16. The van der Waals surface area contributed by atoms with Crippen LogP contribution in [0.3, 0.4) is 0 Å². The van der Waals surface area contributed by atoms with Crippen LogP contribution in [0.1, 0.15) is 329 Å². The lowest BCUT2D eigenvalue weighted by Crippen LogP contribution is -2.30. The third kappa shape index (κ3) is 65.0. The molecule has 0 aliphatic carbocycles. The summed E-state index contributed by atoms with van der Waals surface area (Å²) in [6.07, 6.45) is 89.9. The summed E-state index contributed by atoms with van der Waals surface area (Å²) in [5, 5.41) is 0. The molecule has 0 N–H and O–H groups in total. The lowest BCUT2D eigenvalue weighted by atomic mass is 10.0. The molecule has 454 valence electrons. The molecule has 6 heteroatoms. The number of allylic oxidation sites excluding steroid dienone is 16. The van der Waals surface area contributed by atoms with E-state index in [0.29, 0.717) is 19.3 Å². The van der Waals surface area contributed by atoms with Crippen LogP contribution < -0.4 is 0 Å². The van der Waals surface area contributed by atoms with Crippen molar-refractivity contribution >= 4 is 17.9 Å². The molecule has 0 amide bonds. The van der Waals surface area contributed by atoms with Crippen molar-refractivity contribution in [1.82, 2.24) is 0 Å². The van der Waals surface area contributed by atoms with Crippen LogP contribution in [0.4, 0.5) is 0 Å². The summed E-state index contributed by atoms with van der Waals surface area (Å²) < 4.78 is 16.9. The van der Waals surface area contributed by atoms with Gasteiger partial charge in [-0.1, -0.05) is 291 Å². The topological polar surface area (TPSA) is 78.9 Å². The SMILES string of the molecule is CC/C=C\C/C=C\C/C=C\C/C=C\C/C=C\CCCCCCCCCCCCCCCC(=O)OCC(COC(=O)CCCCCCC/C=C\C/C=C\CCCC)OC(=O)CCCCCCCCC/C=C\CCCCCCCCC. The Balaban J connectivity index is 4.28. The maximum absolute atomic E-state index is 12.9. The maximum atomic E-state index is 12.9. The lowest BCUT2D eigenvalue weighted by Gasteiger charge is -2.18. The van der Waals surface area contributed by atoms with E-state index in [4.69, 9.17) is 14.2 Å². The van der Waals surface area contributed by atoms with E-state index in [9.17, 15) is 14.4 Å². The van der Waals surface area contributed by atoms with E-state index in [-0.39, 0.29) is 31.1 Å². The van der Waals surface area contributed by atoms with Gasteiger partial charge in [0.25, 0.3) is 0 Å². The molecule has 0 fully saturated rings.